The maximum atomic E-state index is 11.3. The Bertz CT molecular complexity index is 418. The van der Waals surface area contributed by atoms with E-state index >= 15 is 0 Å². The Labute approximate surface area is 99.1 Å². The summed E-state index contributed by atoms with van der Waals surface area (Å²) in [6.45, 7) is 3.51. The third kappa shape index (κ3) is 4.02. The molecule has 1 aromatic carbocycles. The summed E-state index contributed by atoms with van der Waals surface area (Å²) in [5, 5.41) is 4.97. The van der Waals surface area contributed by atoms with Gasteiger partial charge >= 0.3 is 6.09 Å². The third-order valence-electron chi connectivity index (χ3n) is 1.86. The van der Waals surface area contributed by atoms with Gasteiger partial charge in [0, 0.05) is 5.69 Å². The molecule has 6 heteroatoms. The Balaban J connectivity index is 2.70. The number of carbonyl (C=O) groups excluding carboxylic acids is 2. The Morgan fingerprint density at radius 1 is 1.47 bits per heavy atom. The van der Waals surface area contributed by atoms with E-state index in [1.54, 1.807) is 26.0 Å². The van der Waals surface area contributed by atoms with E-state index in [1.165, 1.54) is 6.07 Å². The predicted molar refractivity (Wildman–Crippen MR) is 65.8 cm³/mol. The van der Waals surface area contributed by atoms with Crippen molar-refractivity contribution in [3.8, 4) is 0 Å². The summed E-state index contributed by atoms with van der Waals surface area (Å²) in [5.41, 5.74) is 7.02. The molecule has 0 aliphatic rings. The smallest absolute Gasteiger partial charge is 0.411 e. The van der Waals surface area contributed by atoms with Crippen molar-refractivity contribution in [1.29, 1.82) is 0 Å². The van der Waals surface area contributed by atoms with Gasteiger partial charge < -0.3 is 15.8 Å². The largest absolute Gasteiger partial charge is 0.447 e. The number of nitrogens with two attached hydrogens (primary N) is 1. The molecule has 17 heavy (non-hydrogen) atoms. The highest BCUT2D eigenvalue weighted by Gasteiger charge is 2.06. The van der Waals surface area contributed by atoms with Crippen molar-refractivity contribution in [2.75, 3.05) is 16.4 Å². The zero-order chi connectivity index (χ0) is 12.8. The number of carbonyl (C=O) groups is 2. The highest BCUT2D eigenvalue weighted by Crippen LogP contribution is 2.22. The molecule has 0 atom stereocenters. The van der Waals surface area contributed by atoms with Crippen LogP contribution in [0.3, 0.4) is 0 Å². The zero-order valence-electron chi connectivity index (χ0n) is 9.69. The first-order valence-electron chi connectivity index (χ1n) is 5.10. The first-order chi connectivity index (χ1) is 8.02. The fourth-order valence-corrected chi connectivity index (χ4v) is 1.20. The Hall–Kier alpha value is -2.24. The molecule has 92 valence electrons. The number of rotatable bonds is 4. The molecule has 0 heterocycles. The van der Waals surface area contributed by atoms with E-state index in [9.17, 15) is 9.59 Å². The number of amides is 2. The first-order valence-corrected chi connectivity index (χ1v) is 5.10. The molecular weight excluding hydrogens is 222 g/mol. The highest BCUT2D eigenvalue weighted by atomic mass is 16.6. The highest BCUT2D eigenvalue weighted by molar-refractivity contribution is 5.88. The Morgan fingerprint density at radius 2 is 2.18 bits per heavy atom. The van der Waals surface area contributed by atoms with Gasteiger partial charge in [-0.15, -0.1) is 0 Å². The lowest BCUT2D eigenvalue weighted by Gasteiger charge is -2.11. The normalized spacial score (nSPS) is 9.82. The summed E-state index contributed by atoms with van der Waals surface area (Å²) in [6, 6.07) is 4.74. The van der Waals surface area contributed by atoms with E-state index in [0.717, 1.165) is 0 Å². The van der Waals surface area contributed by atoms with Gasteiger partial charge in [0.25, 0.3) is 0 Å². The second kappa shape index (κ2) is 5.74. The van der Waals surface area contributed by atoms with E-state index in [2.05, 4.69) is 10.6 Å². The molecular formula is C11H15N3O3. The monoisotopic (exact) mass is 237 g/mol. The quantitative estimate of drug-likeness (QED) is 0.549. The van der Waals surface area contributed by atoms with Gasteiger partial charge in [-0.2, -0.15) is 0 Å². The Kier molecular flexibility index (Phi) is 4.33. The van der Waals surface area contributed by atoms with Crippen molar-refractivity contribution in [2.24, 2.45) is 0 Å². The van der Waals surface area contributed by atoms with Gasteiger partial charge in [-0.25, -0.2) is 4.79 Å². The van der Waals surface area contributed by atoms with Crippen LogP contribution in [0.2, 0.25) is 0 Å². The average molecular weight is 237 g/mol. The van der Waals surface area contributed by atoms with Crippen LogP contribution in [0, 0.1) is 0 Å². The average Bonchev–Trinajstić information content (AvgIpc) is 2.21. The van der Waals surface area contributed by atoms with Gasteiger partial charge in [0.05, 0.1) is 17.5 Å². The van der Waals surface area contributed by atoms with E-state index < -0.39 is 6.09 Å². The molecule has 6 nitrogen and oxygen atoms in total. The van der Waals surface area contributed by atoms with Crippen LogP contribution in [-0.4, -0.2) is 18.6 Å². The zero-order valence-corrected chi connectivity index (χ0v) is 9.69. The minimum absolute atomic E-state index is 0.191. The van der Waals surface area contributed by atoms with Gasteiger partial charge in [-0.05, 0) is 32.0 Å². The lowest BCUT2D eigenvalue weighted by Crippen LogP contribution is -2.18. The summed E-state index contributed by atoms with van der Waals surface area (Å²) in [7, 11) is 0. The molecule has 1 aromatic rings. The van der Waals surface area contributed by atoms with Crippen molar-refractivity contribution >= 4 is 29.6 Å². The van der Waals surface area contributed by atoms with Gasteiger partial charge in [-0.3, -0.25) is 10.1 Å². The summed E-state index contributed by atoms with van der Waals surface area (Å²) < 4.78 is 4.91. The number of benzene rings is 1. The summed E-state index contributed by atoms with van der Waals surface area (Å²) in [5.74, 6) is 0. The molecule has 0 aliphatic heterocycles. The topological polar surface area (TPSA) is 93.5 Å². The lowest BCUT2D eigenvalue weighted by molar-refractivity contribution is -0.105. The maximum Gasteiger partial charge on any atom is 0.411 e. The number of ether oxygens (including phenoxy) is 1. The lowest BCUT2D eigenvalue weighted by atomic mass is 10.2. The van der Waals surface area contributed by atoms with Crippen LogP contribution in [0.5, 0.6) is 0 Å². The summed E-state index contributed by atoms with van der Waals surface area (Å²) in [4.78, 5) is 21.6. The standard InChI is InChI=1S/C11H15N3O3/c1-7(2)17-11(16)14-8-3-4-10(13-6-15)9(12)5-8/h3-7H,12H2,1-2H3,(H,13,15)(H,14,16). The minimum atomic E-state index is -0.546. The number of nitrogens with one attached hydrogen (secondary N) is 2. The van der Waals surface area contributed by atoms with Crippen molar-refractivity contribution in [3.63, 3.8) is 0 Å². The number of hydrogen-bond donors (Lipinski definition) is 3. The molecule has 0 bridgehead atoms. The van der Waals surface area contributed by atoms with Crippen molar-refractivity contribution in [3.05, 3.63) is 18.2 Å². The summed E-state index contributed by atoms with van der Waals surface area (Å²) >= 11 is 0. The number of anilines is 3. The third-order valence-corrected chi connectivity index (χ3v) is 1.86. The van der Waals surface area contributed by atoms with Crippen molar-refractivity contribution in [1.82, 2.24) is 0 Å². The molecule has 0 unspecified atom stereocenters. The Morgan fingerprint density at radius 3 is 2.71 bits per heavy atom. The fourth-order valence-electron chi connectivity index (χ4n) is 1.20. The maximum absolute atomic E-state index is 11.3. The van der Waals surface area contributed by atoms with Crippen LogP contribution >= 0.6 is 0 Å². The van der Waals surface area contributed by atoms with E-state index in [-0.39, 0.29) is 6.10 Å². The number of hydrogen-bond acceptors (Lipinski definition) is 4. The van der Waals surface area contributed by atoms with Gasteiger partial charge in [-0.1, -0.05) is 0 Å². The van der Waals surface area contributed by atoms with Crippen LogP contribution < -0.4 is 16.4 Å². The van der Waals surface area contributed by atoms with Crippen LogP contribution in [0.15, 0.2) is 18.2 Å². The van der Waals surface area contributed by atoms with Crippen LogP contribution in [0.25, 0.3) is 0 Å². The first kappa shape index (κ1) is 12.8. The second-order valence-corrected chi connectivity index (χ2v) is 3.64. The molecule has 0 aromatic heterocycles. The molecule has 0 aliphatic carbocycles. The molecule has 0 fully saturated rings. The molecule has 0 radical (unpaired) electrons. The van der Waals surface area contributed by atoms with Crippen molar-refractivity contribution < 1.29 is 14.3 Å². The predicted octanol–water partition coefficient (Wildman–Crippen LogP) is 1.79. The molecule has 0 saturated carbocycles. The molecule has 0 saturated heterocycles. The van der Waals surface area contributed by atoms with Gasteiger partial charge in [0.2, 0.25) is 6.41 Å². The fraction of sp³-hybridized carbons (Fsp3) is 0.273. The van der Waals surface area contributed by atoms with Crippen LogP contribution in [-0.2, 0) is 9.53 Å². The minimum Gasteiger partial charge on any atom is -0.447 e. The molecule has 4 N–H and O–H groups in total. The van der Waals surface area contributed by atoms with E-state index in [4.69, 9.17) is 10.5 Å². The van der Waals surface area contributed by atoms with Gasteiger partial charge in [0.15, 0.2) is 0 Å². The molecule has 2 amide bonds. The molecule has 1 rings (SSSR count). The van der Waals surface area contributed by atoms with E-state index in [1.807, 2.05) is 0 Å². The molecule has 0 spiro atoms. The van der Waals surface area contributed by atoms with Crippen LogP contribution in [0.4, 0.5) is 21.9 Å². The number of nitrogen functional groups attached to an aromatic ring is 1. The van der Waals surface area contributed by atoms with Crippen molar-refractivity contribution in [2.45, 2.75) is 20.0 Å². The van der Waals surface area contributed by atoms with E-state index in [0.29, 0.717) is 23.5 Å². The second-order valence-electron chi connectivity index (χ2n) is 3.64. The summed E-state index contributed by atoms with van der Waals surface area (Å²) in [6.07, 6.45) is -0.204. The SMILES string of the molecule is CC(C)OC(=O)Nc1ccc(NC=O)c(N)c1. The van der Waals surface area contributed by atoms with Gasteiger partial charge in [0.1, 0.15) is 0 Å². The van der Waals surface area contributed by atoms with Crippen LogP contribution in [0.1, 0.15) is 13.8 Å².